The van der Waals surface area contributed by atoms with Crippen molar-refractivity contribution in [3.8, 4) is 5.75 Å². The summed E-state index contributed by atoms with van der Waals surface area (Å²) in [6.45, 7) is 2.13. The highest BCUT2D eigenvalue weighted by atomic mass is 19.4. The molecule has 1 atom stereocenters. The van der Waals surface area contributed by atoms with E-state index in [0.29, 0.717) is 6.04 Å². The van der Waals surface area contributed by atoms with Crippen LogP contribution in [0.15, 0.2) is 24.3 Å². The molecule has 1 unspecified atom stereocenters. The Bertz CT molecular complexity index is 456. The first-order valence-electron chi connectivity index (χ1n) is 6.86. The lowest BCUT2D eigenvalue weighted by Crippen LogP contribution is -2.27. The average molecular weight is 286 g/mol. The number of alkyl halides is 3. The van der Waals surface area contributed by atoms with Crippen LogP contribution < -0.4 is 10.1 Å². The van der Waals surface area contributed by atoms with Crippen LogP contribution in [0.4, 0.5) is 18.9 Å². The van der Waals surface area contributed by atoms with Crippen molar-refractivity contribution in [1.82, 2.24) is 4.90 Å². The van der Waals surface area contributed by atoms with Crippen LogP contribution in [-0.2, 0) is 0 Å². The van der Waals surface area contributed by atoms with Crippen molar-refractivity contribution in [3.63, 3.8) is 0 Å². The first-order valence-corrected chi connectivity index (χ1v) is 6.86. The van der Waals surface area contributed by atoms with Gasteiger partial charge in [-0.1, -0.05) is 0 Å². The number of ether oxygens (including phenoxy) is 1. The van der Waals surface area contributed by atoms with E-state index in [1.165, 1.54) is 25.0 Å². The van der Waals surface area contributed by atoms with Crippen molar-refractivity contribution >= 4 is 5.69 Å². The second-order valence-electron chi connectivity index (χ2n) is 5.43. The van der Waals surface area contributed by atoms with E-state index in [9.17, 15) is 13.2 Å². The Morgan fingerprint density at radius 1 is 1.10 bits per heavy atom. The van der Waals surface area contributed by atoms with Crippen LogP contribution in [-0.4, -0.2) is 36.4 Å². The monoisotopic (exact) mass is 286 g/mol. The molecule has 110 valence electrons. The van der Waals surface area contributed by atoms with E-state index in [1.54, 1.807) is 12.1 Å². The highest BCUT2D eigenvalue weighted by Gasteiger charge is 2.34. The van der Waals surface area contributed by atoms with Gasteiger partial charge < -0.3 is 10.1 Å². The summed E-state index contributed by atoms with van der Waals surface area (Å²) >= 11 is 0. The SMILES string of the molecule is FC(F)(F)Oc1ccc(NC2CCN(C3CC3)C2)cc1. The van der Waals surface area contributed by atoms with Gasteiger partial charge in [-0.15, -0.1) is 13.2 Å². The summed E-state index contributed by atoms with van der Waals surface area (Å²) in [5.41, 5.74) is 0.835. The third kappa shape index (κ3) is 3.56. The number of hydrogen-bond acceptors (Lipinski definition) is 3. The van der Waals surface area contributed by atoms with Crippen molar-refractivity contribution in [2.75, 3.05) is 18.4 Å². The van der Waals surface area contributed by atoms with Crippen molar-refractivity contribution in [2.24, 2.45) is 0 Å². The Morgan fingerprint density at radius 3 is 2.40 bits per heavy atom. The van der Waals surface area contributed by atoms with Gasteiger partial charge in [0.25, 0.3) is 0 Å². The maximum atomic E-state index is 12.1. The molecule has 0 bridgehead atoms. The van der Waals surface area contributed by atoms with Crippen molar-refractivity contribution in [2.45, 2.75) is 37.7 Å². The molecule has 3 nitrogen and oxygen atoms in total. The average Bonchev–Trinajstić information content (AvgIpc) is 3.11. The molecule has 1 aliphatic heterocycles. The fourth-order valence-corrected chi connectivity index (χ4v) is 2.66. The molecule has 2 aliphatic rings. The van der Waals surface area contributed by atoms with Gasteiger partial charge in [-0.3, -0.25) is 4.90 Å². The molecule has 1 aromatic rings. The van der Waals surface area contributed by atoms with Gasteiger partial charge in [-0.25, -0.2) is 0 Å². The van der Waals surface area contributed by atoms with Gasteiger partial charge in [-0.2, -0.15) is 0 Å². The summed E-state index contributed by atoms with van der Waals surface area (Å²) in [5.74, 6) is -0.186. The third-order valence-corrected chi connectivity index (χ3v) is 3.74. The highest BCUT2D eigenvalue weighted by molar-refractivity contribution is 5.47. The maximum absolute atomic E-state index is 12.1. The fraction of sp³-hybridized carbons (Fsp3) is 0.571. The van der Waals surface area contributed by atoms with E-state index in [1.807, 2.05) is 0 Å². The maximum Gasteiger partial charge on any atom is 0.573 e. The topological polar surface area (TPSA) is 24.5 Å². The van der Waals surface area contributed by atoms with Gasteiger partial charge in [0.2, 0.25) is 0 Å². The molecule has 0 amide bonds. The molecule has 0 radical (unpaired) electrons. The van der Waals surface area contributed by atoms with E-state index in [-0.39, 0.29) is 5.75 Å². The lowest BCUT2D eigenvalue weighted by Gasteiger charge is -2.17. The van der Waals surface area contributed by atoms with Crippen LogP contribution in [0, 0.1) is 0 Å². The molecule has 0 spiro atoms. The van der Waals surface area contributed by atoms with Crippen molar-refractivity contribution in [3.05, 3.63) is 24.3 Å². The first kappa shape index (κ1) is 13.5. The number of nitrogens with one attached hydrogen (secondary N) is 1. The summed E-state index contributed by atoms with van der Waals surface area (Å²) in [6, 6.07) is 7.07. The quantitative estimate of drug-likeness (QED) is 0.919. The molecule has 1 N–H and O–H groups in total. The van der Waals surface area contributed by atoms with Gasteiger partial charge in [0, 0.05) is 30.9 Å². The Labute approximate surface area is 115 Å². The van der Waals surface area contributed by atoms with E-state index in [0.717, 1.165) is 31.2 Å². The number of nitrogens with zero attached hydrogens (tertiary/aromatic N) is 1. The molecule has 1 aliphatic carbocycles. The smallest absolute Gasteiger partial charge is 0.406 e. The van der Waals surface area contributed by atoms with Crippen LogP contribution in [0.2, 0.25) is 0 Å². The number of likely N-dealkylation sites (tertiary alicyclic amines) is 1. The van der Waals surface area contributed by atoms with Gasteiger partial charge in [0.1, 0.15) is 5.75 Å². The van der Waals surface area contributed by atoms with E-state index in [4.69, 9.17) is 0 Å². The first-order chi connectivity index (χ1) is 9.49. The van der Waals surface area contributed by atoms with Gasteiger partial charge in [0.15, 0.2) is 0 Å². The van der Waals surface area contributed by atoms with Gasteiger partial charge >= 0.3 is 6.36 Å². The summed E-state index contributed by atoms with van der Waals surface area (Å²) in [4.78, 5) is 2.48. The number of hydrogen-bond donors (Lipinski definition) is 1. The predicted molar refractivity (Wildman–Crippen MR) is 69.7 cm³/mol. The summed E-state index contributed by atoms with van der Waals surface area (Å²) in [6.07, 6.45) is -0.950. The zero-order valence-electron chi connectivity index (χ0n) is 11.0. The molecule has 2 fully saturated rings. The third-order valence-electron chi connectivity index (χ3n) is 3.74. The van der Waals surface area contributed by atoms with Crippen molar-refractivity contribution < 1.29 is 17.9 Å². The largest absolute Gasteiger partial charge is 0.573 e. The van der Waals surface area contributed by atoms with Crippen LogP contribution in [0.25, 0.3) is 0 Å². The van der Waals surface area contributed by atoms with Crippen molar-refractivity contribution in [1.29, 1.82) is 0 Å². The second kappa shape index (κ2) is 5.16. The minimum absolute atomic E-state index is 0.186. The van der Waals surface area contributed by atoms with E-state index < -0.39 is 6.36 Å². The second-order valence-corrected chi connectivity index (χ2v) is 5.43. The zero-order chi connectivity index (χ0) is 14.2. The number of benzene rings is 1. The van der Waals surface area contributed by atoms with E-state index in [2.05, 4.69) is 15.0 Å². The summed E-state index contributed by atoms with van der Waals surface area (Å²) in [5, 5.41) is 3.37. The Morgan fingerprint density at radius 2 is 1.80 bits per heavy atom. The summed E-state index contributed by atoms with van der Waals surface area (Å²) < 4.78 is 40.0. The molecule has 1 saturated carbocycles. The number of halogens is 3. The lowest BCUT2D eigenvalue weighted by atomic mass is 10.2. The Hall–Kier alpha value is -1.43. The molecule has 1 saturated heterocycles. The normalized spacial score (nSPS) is 23.9. The molecular weight excluding hydrogens is 269 g/mol. The predicted octanol–water partition coefficient (Wildman–Crippen LogP) is 3.23. The van der Waals surface area contributed by atoms with E-state index >= 15 is 0 Å². The molecular formula is C14H17F3N2O. The fourth-order valence-electron chi connectivity index (χ4n) is 2.66. The van der Waals surface area contributed by atoms with Gasteiger partial charge in [0.05, 0.1) is 0 Å². The Balaban J connectivity index is 1.53. The Kier molecular flexibility index (Phi) is 3.50. The van der Waals surface area contributed by atoms with Crippen LogP contribution in [0.3, 0.4) is 0 Å². The summed E-state index contributed by atoms with van der Waals surface area (Å²) in [7, 11) is 0. The molecule has 3 rings (SSSR count). The number of anilines is 1. The molecule has 6 heteroatoms. The molecule has 20 heavy (non-hydrogen) atoms. The van der Waals surface area contributed by atoms with Crippen LogP contribution >= 0.6 is 0 Å². The standard InChI is InChI=1S/C14H17F3N2O/c15-14(16,17)20-13-5-1-10(2-6-13)18-11-7-8-19(9-11)12-3-4-12/h1-2,5-6,11-12,18H,3-4,7-9H2. The molecule has 1 aromatic carbocycles. The van der Waals surface area contributed by atoms with Crippen LogP contribution in [0.1, 0.15) is 19.3 Å². The zero-order valence-corrected chi connectivity index (χ0v) is 11.0. The van der Waals surface area contributed by atoms with Gasteiger partial charge in [-0.05, 0) is 43.5 Å². The van der Waals surface area contributed by atoms with Crippen LogP contribution in [0.5, 0.6) is 5.75 Å². The lowest BCUT2D eigenvalue weighted by molar-refractivity contribution is -0.274. The minimum Gasteiger partial charge on any atom is -0.406 e. The highest BCUT2D eigenvalue weighted by Crippen LogP contribution is 2.31. The minimum atomic E-state index is -4.63. The molecule has 0 aromatic heterocycles. The number of rotatable bonds is 4. The molecule has 1 heterocycles.